The Labute approximate surface area is 154 Å². The van der Waals surface area contributed by atoms with Crippen LogP contribution in [0.2, 0.25) is 0 Å². The highest BCUT2D eigenvalue weighted by atomic mass is 32.1. The lowest BCUT2D eigenvalue weighted by molar-refractivity contribution is -0.384. The molecule has 0 atom stereocenters. The first-order valence-electron chi connectivity index (χ1n) is 8.10. The van der Waals surface area contributed by atoms with Gasteiger partial charge in [-0.3, -0.25) is 14.9 Å². The molecule has 0 radical (unpaired) electrons. The lowest BCUT2D eigenvalue weighted by Crippen LogP contribution is -2.11. The Balaban J connectivity index is 1.75. The van der Waals surface area contributed by atoms with Crippen LogP contribution >= 0.6 is 11.3 Å². The second-order valence-corrected chi connectivity index (χ2v) is 6.98. The molecule has 0 saturated carbocycles. The molecular weight excluding hydrogens is 350 g/mol. The van der Waals surface area contributed by atoms with Crippen molar-refractivity contribution >= 4 is 28.6 Å². The Hall–Kier alpha value is -3.06. The summed E-state index contributed by atoms with van der Waals surface area (Å²) in [5.74, 6) is -0.268. The zero-order valence-corrected chi connectivity index (χ0v) is 15.2. The van der Waals surface area contributed by atoms with Crippen LogP contribution in [0.3, 0.4) is 0 Å². The summed E-state index contributed by atoms with van der Waals surface area (Å²) in [7, 11) is 0. The van der Waals surface area contributed by atoms with E-state index in [4.69, 9.17) is 0 Å². The van der Waals surface area contributed by atoms with Crippen LogP contribution in [0.5, 0.6) is 0 Å². The van der Waals surface area contributed by atoms with Gasteiger partial charge in [0.1, 0.15) is 0 Å². The second-order valence-electron chi connectivity index (χ2n) is 5.69. The van der Waals surface area contributed by atoms with Crippen molar-refractivity contribution < 1.29 is 9.72 Å². The SMILES string of the molecule is CCc1sc(C)nc1-c1ccc(C(=O)Nc2ccc([N+](=O)[O-])cc2)cc1. The number of carbonyl (C=O) groups excluding carboxylic acids is 1. The van der Waals surface area contributed by atoms with Gasteiger partial charge in [-0.05, 0) is 37.6 Å². The maximum atomic E-state index is 12.3. The molecule has 0 aliphatic rings. The van der Waals surface area contributed by atoms with Gasteiger partial charge in [-0.25, -0.2) is 4.98 Å². The number of rotatable bonds is 5. The minimum atomic E-state index is -0.477. The molecule has 0 saturated heterocycles. The van der Waals surface area contributed by atoms with Crippen molar-refractivity contribution in [1.29, 1.82) is 0 Å². The summed E-state index contributed by atoms with van der Waals surface area (Å²) in [6.45, 7) is 4.09. The van der Waals surface area contributed by atoms with E-state index in [-0.39, 0.29) is 11.6 Å². The van der Waals surface area contributed by atoms with E-state index < -0.39 is 4.92 Å². The number of nitrogens with one attached hydrogen (secondary N) is 1. The lowest BCUT2D eigenvalue weighted by Gasteiger charge is -2.06. The van der Waals surface area contributed by atoms with Gasteiger partial charge >= 0.3 is 0 Å². The van der Waals surface area contributed by atoms with Gasteiger partial charge in [0.05, 0.1) is 15.6 Å². The topological polar surface area (TPSA) is 85.1 Å². The van der Waals surface area contributed by atoms with E-state index in [1.54, 1.807) is 23.5 Å². The van der Waals surface area contributed by atoms with Gasteiger partial charge in [0, 0.05) is 33.8 Å². The number of carbonyl (C=O) groups is 1. The highest BCUT2D eigenvalue weighted by molar-refractivity contribution is 7.12. The number of non-ortho nitro benzene ring substituents is 1. The third-order valence-electron chi connectivity index (χ3n) is 3.88. The van der Waals surface area contributed by atoms with Gasteiger partial charge in [-0.1, -0.05) is 19.1 Å². The maximum absolute atomic E-state index is 12.3. The van der Waals surface area contributed by atoms with E-state index in [0.29, 0.717) is 11.3 Å². The molecule has 0 unspecified atom stereocenters. The molecule has 2 aromatic carbocycles. The minimum Gasteiger partial charge on any atom is -0.322 e. The average Bonchev–Trinajstić information content (AvgIpc) is 3.03. The summed E-state index contributed by atoms with van der Waals surface area (Å²) >= 11 is 1.69. The van der Waals surface area contributed by atoms with Crippen LogP contribution in [0, 0.1) is 17.0 Å². The quantitative estimate of drug-likeness (QED) is 0.516. The molecule has 0 aliphatic carbocycles. The second kappa shape index (κ2) is 7.45. The number of anilines is 1. The van der Waals surface area contributed by atoms with Crippen LogP contribution in [-0.4, -0.2) is 15.8 Å². The zero-order chi connectivity index (χ0) is 18.7. The fourth-order valence-corrected chi connectivity index (χ4v) is 3.48. The standard InChI is InChI=1S/C19H17N3O3S/c1-3-17-18(20-12(2)26-17)13-4-6-14(7-5-13)19(23)21-15-8-10-16(11-9-15)22(24)25/h4-11H,3H2,1-2H3,(H,21,23). The van der Waals surface area contributed by atoms with Crippen LogP contribution in [0.4, 0.5) is 11.4 Å². The fourth-order valence-electron chi connectivity index (χ4n) is 2.58. The van der Waals surface area contributed by atoms with Gasteiger partial charge in [0.2, 0.25) is 0 Å². The number of hydrogen-bond donors (Lipinski definition) is 1. The summed E-state index contributed by atoms with van der Waals surface area (Å²) in [6, 6.07) is 13.0. The molecule has 0 spiro atoms. The van der Waals surface area contributed by atoms with Crippen molar-refractivity contribution in [3.05, 3.63) is 74.1 Å². The first-order valence-corrected chi connectivity index (χ1v) is 8.92. The monoisotopic (exact) mass is 367 g/mol. The number of benzene rings is 2. The van der Waals surface area contributed by atoms with Crippen LogP contribution in [-0.2, 0) is 6.42 Å². The Morgan fingerprint density at radius 1 is 1.15 bits per heavy atom. The minimum absolute atomic E-state index is 0.0161. The average molecular weight is 367 g/mol. The molecule has 0 aliphatic heterocycles. The molecule has 132 valence electrons. The molecule has 0 fully saturated rings. The summed E-state index contributed by atoms with van der Waals surface area (Å²) < 4.78 is 0. The maximum Gasteiger partial charge on any atom is 0.269 e. The van der Waals surface area contributed by atoms with E-state index in [0.717, 1.165) is 22.7 Å². The van der Waals surface area contributed by atoms with Crippen molar-refractivity contribution in [3.63, 3.8) is 0 Å². The van der Waals surface area contributed by atoms with Crippen molar-refractivity contribution in [2.45, 2.75) is 20.3 Å². The van der Waals surface area contributed by atoms with E-state index in [2.05, 4.69) is 17.2 Å². The van der Waals surface area contributed by atoms with E-state index in [1.165, 1.54) is 29.1 Å². The molecule has 0 bridgehead atoms. The number of aryl methyl sites for hydroxylation is 2. The molecule has 1 amide bonds. The van der Waals surface area contributed by atoms with Gasteiger partial charge in [-0.15, -0.1) is 11.3 Å². The molecule has 6 nitrogen and oxygen atoms in total. The Kier molecular flexibility index (Phi) is 5.09. The highest BCUT2D eigenvalue weighted by Crippen LogP contribution is 2.28. The fraction of sp³-hybridized carbons (Fsp3) is 0.158. The molecule has 26 heavy (non-hydrogen) atoms. The Morgan fingerprint density at radius 3 is 2.38 bits per heavy atom. The largest absolute Gasteiger partial charge is 0.322 e. The van der Waals surface area contributed by atoms with Gasteiger partial charge in [0.25, 0.3) is 11.6 Å². The summed E-state index contributed by atoms with van der Waals surface area (Å²) in [4.78, 5) is 28.3. The number of aromatic nitrogens is 1. The van der Waals surface area contributed by atoms with Crippen LogP contribution in [0.1, 0.15) is 27.2 Å². The predicted octanol–water partition coefficient (Wildman–Crippen LogP) is 4.84. The van der Waals surface area contributed by atoms with E-state index >= 15 is 0 Å². The van der Waals surface area contributed by atoms with Gasteiger partial charge in [0.15, 0.2) is 0 Å². The van der Waals surface area contributed by atoms with Crippen LogP contribution in [0.15, 0.2) is 48.5 Å². The molecule has 1 aromatic heterocycles. The third kappa shape index (κ3) is 3.78. The number of amides is 1. The molecule has 1 heterocycles. The van der Waals surface area contributed by atoms with Crippen LogP contribution in [0.25, 0.3) is 11.3 Å². The van der Waals surface area contributed by atoms with Crippen molar-refractivity contribution in [1.82, 2.24) is 4.98 Å². The summed E-state index contributed by atoms with van der Waals surface area (Å²) in [5, 5.41) is 14.4. The number of nitro benzene ring substituents is 1. The molecule has 3 aromatic rings. The number of thiazole rings is 1. The Bertz CT molecular complexity index is 947. The van der Waals surface area contributed by atoms with Crippen LogP contribution < -0.4 is 5.32 Å². The first-order chi connectivity index (χ1) is 12.5. The van der Waals surface area contributed by atoms with Crippen molar-refractivity contribution in [2.24, 2.45) is 0 Å². The highest BCUT2D eigenvalue weighted by Gasteiger charge is 2.12. The lowest BCUT2D eigenvalue weighted by atomic mass is 10.1. The molecule has 3 rings (SSSR count). The smallest absolute Gasteiger partial charge is 0.269 e. The number of hydrogen-bond acceptors (Lipinski definition) is 5. The van der Waals surface area contributed by atoms with Crippen molar-refractivity contribution in [3.8, 4) is 11.3 Å². The van der Waals surface area contributed by atoms with E-state index in [1.807, 2.05) is 19.1 Å². The summed E-state index contributed by atoms with van der Waals surface area (Å²) in [5.41, 5.74) is 2.96. The molecule has 7 heteroatoms. The molecular formula is C19H17N3O3S. The summed E-state index contributed by atoms with van der Waals surface area (Å²) in [6.07, 6.45) is 0.920. The van der Waals surface area contributed by atoms with Crippen molar-refractivity contribution in [2.75, 3.05) is 5.32 Å². The zero-order valence-electron chi connectivity index (χ0n) is 14.4. The first kappa shape index (κ1) is 17.8. The number of nitrogens with zero attached hydrogens (tertiary/aromatic N) is 2. The Morgan fingerprint density at radius 2 is 1.81 bits per heavy atom. The molecule has 1 N–H and O–H groups in total. The van der Waals surface area contributed by atoms with Gasteiger partial charge < -0.3 is 5.32 Å². The van der Waals surface area contributed by atoms with Gasteiger partial charge in [-0.2, -0.15) is 0 Å². The predicted molar refractivity (Wildman–Crippen MR) is 103 cm³/mol. The third-order valence-corrected chi connectivity index (χ3v) is 5.00. The number of nitro groups is 1. The van der Waals surface area contributed by atoms with E-state index in [9.17, 15) is 14.9 Å². The normalized spacial score (nSPS) is 10.5.